The molecule has 0 amide bonds. The Kier molecular flexibility index (Phi) is 6.56. The summed E-state index contributed by atoms with van der Waals surface area (Å²) in [4.78, 5) is 20.0. The standard InChI is InChI=1S/C5H8O3.Na.H/c1-3(2)4(6)5(7)8;;/h3H,1-2H3,(H,7,8);;/q;+1;-1. The topological polar surface area (TPSA) is 54.4 Å². The first-order valence-electron chi connectivity index (χ1n) is 2.33. The first-order chi connectivity index (χ1) is 3.55. The first kappa shape index (κ1) is 11.9. The number of carbonyl (C=O) groups is 2. The molecule has 0 bridgehead atoms. The molecule has 1 N–H and O–H groups in total. The Bertz CT molecular complexity index is 124. The molecule has 0 aromatic carbocycles. The Labute approximate surface area is 77.2 Å². The van der Waals surface area contributed by atoms with E-state index in [2.05, 4.69) is 0 Å². The monoisotopic (exact) mass is 140 g/mol. The molecule has 0 aliphatic heterocycles. The average Bonchev–Trinajstić information content (AvgIpc) is 1.64. The van der Waals surface area contributed by atoms with Crippen molar-refractivity contribution >= 4 is 11.8 Å². The van der Waals surface area contributed by atoms with Crippen LogP contribution in [-0.2, 0) is 9.59 Å². The molecule has 0 aliphatic rings. The molecule has 0 saturated carbocycles. The fourth-order valence-electron chi connectivity index (χ4n) is 0.247. The molecule has 0 heterocycles. The molecule has 0 aromatic rings. The van der Waals surface area contributed by atoms with Gasteiger partial charge >= 0.3 is 35.5 Å². The Balaban J connectivity index is -0.000000245. The third-order valence-corrected chi connectivity index (χ3v) is 0.735. The van der Waals surface area contributed by atoms with Crippen LogP contribution in [0, 0.1) is 5.92 Å². The predicted octanol–water partition coefficient (Wildman–Crippen LogP) is -2.59. The van der Waals surface area contributed by atoms with E-state index in [4.69, 9.17) is 5.11 Å². The molecule has 0 unspecified atom stereocenters. The van der Waals surface area contributed by atoms with Crippen LogP contribution < -0.4 is 29.6 Å². The van der Waals surface area contributed by atoms with Crippen LogP contribution in [0.5, 0.6) is 0 Å². The molecule has 0 radical (unpaired) electrons. The molecule has 0 rings (SSSR count). The van der Waals surface area contributed by atoms with Crippen LogP contribution in [-0.4, -0.2) is 16.9 Å². The summed E-state index contributed by atoms with van der Waals surface area (Å²) < 4.78 is 0. The van der Waals surface area contributed by atoms with Crippen molar-refractivity contribution in [1.29, 1.82) is 0 Å². The minimum atomic E-state index is -1.35. The van der Waals surface area contributed by atoms with Crippen molar-refractivity contribution in [1.82, 2.24) is 0 Å². The van der Waals surface area contributed by atoms with Gasteiger partial charge in [-0.1, -0.05) is 13.8 Å². The van der Waals surface area contributed by atoms with Crippen molar-refractivity contribution in [2.45, 2.75) is 13.8 Å². The summed E-state index contributed by atoms with van der Waals surface area (Å²) in [5.74, 6) is -2.47. The number of carboxylic acids is 1. The molecule has 4 heteroatoms. The Hall–Kier alpha value is 0.140. The van der Waals surface area contributed by atoms with Gasteiger partial charge in [0, 0.05) is 5.92 Å². The zero-order valence-electron chi connectivity index (χ0n) is 6.84. The second kappa shape index (κ2) is 4.97. The van der Waals surface area contributed by atoms with Crippen molar-refractivity contribution in [3.8, 4) is 0 Å². The summed E-state index contributed by atoms with van der Waals surface area (Å²) in [7, 11) is 0. The van der Waals surface area contributed by atoms with E-state index in [1.54, 1.807) is 13.8 Å². The number of rotatable bonds is 2. The van der Waals surface area contributed by atoms with Crippen molar-refractivity contribution in [3.05, 3.63) is 0 Å². The van der Waals surface area contributed by atoms with Gasteiger partial charge in [0.25, 0.3) is 0 Å². The molecule has 0 saturated heterocycles. The minimum absolute atomic E-state index is 0. The number of hydrogen-bond donors (Lipinski definition) is 1. The maximum atomic E-state index is 10.2. The molecular formula is C5H9NaO3. The first-order valence-corrected chi connectivity index (χ1v) is 2.33. The molecule has 3 nitrogen and oxygen atoms in total. The smallest absolute Gasteiger partial charge is 1.00 e. The van der Waals surface area contributed by atoms with Crippen LogP contribution in [0.2, 0.25) is 0 Å². The van der Waals surface area contributed by atoms with E-state index in [1.807, 2.05) is 0 Å². The van der Waals surface area contributed by atoms with Gasteiger partial charge in [-0.2, -0.15) is 0 Å². The largest absolute Gasteiger partial charge is 1.00 e. The molecule has 0 spiro atoms. The Morgan fingerprint density at radius 2 is 1.78 bits per heavy atom. The second-order valence-electron chi connectivity index (χ2n) is 1.82. The molecule has 48 valence electrons. The summed E-state index contributed by atoms with van der Waals surface area (Å²) >= 11 is 0. The SMILES string of the molecule is CC(C)C(=O)C(=O)O.[H-].[Na+]. The van der Waals surface area contributed by atoms with Crippen molar-refractivity contribution in [2.24, 2.45) is 5.92 Å². The molecule has 0 aromatic heterocycles. The number of aliphatic carboxylic acids is 1. The third-order valence-electron chi connectivity index (χ3n) is 0.735. The third kappa shape index (κ3) is 4.63. The van der Waals surface area contributed by atoms with Crippen LogP contribution in [0.25, 0.3) is 0 Å². The molecule has 0 atom stereocenters. The maximum absolute atomic E-state index is 10.2. The molecule has 0 fully saturated rings. The van der Waals surface area contributed by atoms with E-state index in [-0.39, 0.29) is 31.0 Å². The van der Waals surface area contributed by atoms with Gasteiger partial charge < -0.3 is 6.53 Å². The number of carbonyl (C=O) groups excluding carboxylic acids is 1. The van der Waals surface area contributed by atoms with Gasteiger partial charge in [-0.3, -0.25) is 4.79 Å². The van der Waals surface area contributed by atoms with Gasteiger partial charge in [0.05, 0.1) is 0 Å². The Morgan fingerprint density at radius 1 is 1.44 bits per heavy atom. The fourth-order valence-corrected chi connectivity index (χ4v) is 0.247. The van der Waals surface area contributed by atoms with Gasteiger partial charge in [0.1, 0.15) is 0 Å². The van der Waals surface area contributed by atoms with E-state index in [0.29, 0.717) is 0 Å². The van der Waals surface area contributed by atoms with E-state index >= 15 is 0 Å². The number of hydrogen-bond acceptors (Lipinski definition) is 2. The van der Waals surface area contributed by atoms with Crippen molar-refractivity contribution < 1.29 is 45.7 Å². The van der Waals surface area contributed by atoms with Crippen molar-refractivity contribution in [2.75, 3.05) is 0 Å². The van der Waals surface area contributed by atoms with Gasteiger partial charge in [0.2, 0.25) is 5.78 Å². The van der Waals surface area contributed by atoms with E-state index in [1.165, 1.54) is 0 Å². The predicted molar refractivity (Wildman–Crippen MR) is 28.6 cm³/mol. The summed E-state index contributed by atoms with van der Waals surface area (Å²) in [6.07, 6.45) is 0. The van der Waals surface area contributed by atoms with Gasteiger partial charge in [-0.15, -0.1) is 0 Å². The average molecular weight is 140 g/mol. The van der Waals surface area contributed by atoms with Crippen LogP contribution in [0.15, 0.2) is 0 Å². The van der Waals surface area contributed by atoms with Gasteiger partial charge in [-0.25, -0.2) is 4.79 Å². The van der Waals surface area contributed by atoms with Crippen LogP contribution in [0.1, 0.15) is 15.3 Å². The van der Waals surface area contributed by atoms with Crippen molar-refractivity contribution in [3.63, 3.8) is 0 Å². The Morgan fingerprint density at radius 3 is 1.78 bits per heavy atom. The maximum Gasteiger partial charge on any atom is 1.00 e. The second-order valence-corrected chi connectivity index (χ2v) is 1.82. The van der Waals surface area contributed by atoms with Gasteiger partial charge in [0.15, 0.2) is 0 Å². The number of carboxylic acid groups (broad SMARTS) is 1. The van der Waals surface area contributed by atoms with Gasteiger partial charge in [-0.05, 0) is 0 Å². The molecule has 9 heavy (non-hydrogen) atoms. The zero-order chi connectivity index (χ0) is 6.73. The summed E-state index contributed by atoms with van der Waals surface area (Å²) in [5, 5.41) is 8.00. The zero-order valence-corrected chi connectivity index (χ0v) is 7.84. The normalized spacial score (nSPS) is 8.33. The summed E-state index contributed by atoms with van der Waals surface area (Å²) in [6, 6.07) is 0. The minimum Gasteiger partial charge on any atom is -1.00 e. The van der Waals surface area contributed by atoms with E-state index < -0.39 is 17.7 Å². The summed E-state index contributed by atoms with van der Waals surface area (Å²) in [6.45, 7) is 3.10. The number of ketones is 1. The van der Waals surface area contributed by atoms with E-state index in [9.17, 15) is 9.59 Å². The van der Waals surface area contributed by atoms with E-state index in [0.717, 1.165) is 0 Å². The molecule has 0 aliphatic carbocycles. The molecular weight excluding hydrogens is 131 g/mol. The fraction of sp³-hybridized carbons (Fsp3) is 0.600. The number of Topliss-reactive ketones (excluding diaryl/α,β-unsaturated/α-hetero) is 1. The summed E-state index contributed by atoms with van der Waals surface area (Å²) in [5.41, 5.74) is 0. The van der Waals surface area contributed by atoms with Crippen LogP contribution in [0.3, 0.4) is 0 Å². The van der Waals surface area contributed by atoms with Crippen LogP contribution in [0.4, 0.5) is 0 Å². The quantitative estimate of drug-likeness (QED) is 0.338. The van der Waals surface area contributed by atoms with Crippen LogP contribution >= 0.6 is 0 Å².